The summed E-state index contributed by atoms with van der Waals surface area (Å²) in [7, 11) is 0. The molecule has 2 aromatic rings. The van der Waals surface area contributed by atoms with Crippen LogP contribution in [-0.2, 0) is 0 Å². The Bertz CT molecular complexity index is 643. The largest absolute Gasteiger partial charge is 0.294 e. The second kappa shape index (κ2) is 5.10. The molecule has 0 N–H and O–H groups in total. The minimum absolute atomic E-state index is 0.000926. The molecule has 2 rings (SSSR count). The molecule has 0 spiro atoms. The van der Waals surface area contributed by atoms with E-state index in [4.69, 9.17) is 0 Å². The minimum atomic E-state index is -0.941. The zero-order valence-corrected chi connectivity index (χ0v) is 10.1. The molecule has 0 aliphatic carbocycles. The van der Waals surface area contributed by atoms with Gasteiger partial charge in [-0.2, -0.15) is 0 Å². The van der Waals surface area contributed by atoms with E-state index in [0.717, 1.165) is 12.1 Å². The fourth-order valence-corrected chi connectivity index (χ4v) is 1.84. The van der Waals surface area contributed by atoms with Gasteiger partial charge in [0.2, 0.25) is 0 Å². The highest BCUT2D eigenvalue weighted by Gasteiger charge is 2.21. The molecule has 0 amide bonds. The summed E-state index contributed by atoms with van der Waals surface area (Å²) in [4.78, 5) is 23.6. The predicted molar refractivity (Wildman–Crippen MR) is 66.2 cm³/mol. The van der Waals surface area contributed by atoms with Gasteiger partial charge in [0, 0.05) is 11.1 Å². The van der Waals surface area contributed by atoms with Gasteiger partial charge in [-0.15, -0.1) is 0 Å². The van der Waals surface area contributed by atoms with Crippen molar-refractivity contribution in [1.29, 1.82) is 0 Å². The smallest absolute Gasteiger partial charge is 0.199 e. The third-order valence-corrected chi connectivity index (χ3v) is 2.74. The van der Waals surface area contributed by atoms with Crippen molar-refractivity contribution in [3.63, 3.8) is 0 Å². The number of rotatable bonds is 3. The summed E-state index contributed by atoms with van der Waals surface area (Å²) in [5.41, 5.74) is -0.495. The maximum atomic E-state index is 13.6. The van der Waals surface area contributed by atoms with Crippen LogP contribution in [0.4, 0.5) is 8.78 Å². The molecule has 19 heavy (non-hydrogen) atoms. The third kappa shape index (κ3) is 2.42. The second-order valence-corrected chi connectivity index (χ2v) is 4.03. The van der Waals surface area contributed by atoms with Crippen molar-refractivity contribution in [2.45, 2.75) is 6.92 Å². The Balaban J connectivity index is 2.60. The van der Waals surface area contributed by atoms with E-state index in [-0.39, 0.29) is 16.9 Å². The lowest BCUT2D eigenvalue weighted by molar-refractivity contribution is 0.0987. The van der Waals surface area contributed by atoms with E-state index >= 15 is 0 Å². The van der Waals surface area contributed by atoms with Crippen molar-refractivity contribution in [1.82, 2.24) is 0 Å². The van der Waals surface area contributed by atoms with Crippen molar-refractivity contribution >= 4 is 11.6 Å². The van der Waals surface area contributed by atoms with Gasteiger partial charge in [0.25, 0.3) is 0 Å². The van der Waals surface area contributed by atoms with Crippen LogP contribution in [0.5, 0.6) is 0 Å². The van der Waals surface area contributed by atoms with Gasteiger partial charge in [-0.25, -0.2) is 8.78 Å². The Morgan fingerprint density at radius 1 is 0.842 bits per heavy atom. The van der Waals surface area contributed by atoms with Crippen molar-refractivity contribution in [2.24, 2.45) is 0 Å². The fraction of sp³-hybridized carbons (Fsp3) is 0.0667. The number of hydrogen-bond acceptors (Lipinski definition) is 2. The maximum Gasteiger partial charge on any atom is 0.199 e. The van der Waals surface area contributed by atoms with Crippen LogP contribution in [-0.4, -0.2) is 11.6 Å². The molecule has 0 aromatic heterocycles. The number of halogens is 2. The number of carbonyl (C=O) groups excluding carboxylic acids is 2. The first-order valence-electron chi connectivity index (χ1n) is 5.61. The first-order chi connectivity index (χ1) is 9.02. The summed E-state index contributed by atoms with van der Waals surface area (Å²) in [6.45, 7) is 1.30. The van der Waals surface area contributed by atoms with Crippen LogP contribution in [0, 0.1) is 11.6 Å². The van der Waals surface area contributed by atoms with Crippen LogP contribution in [0.25, 0.3) is 0 Å². The standard InChI is InChI=1S/C15H10F2O2/c1-9(18)10-5-2-3-6-11(10)15(19)14-12(16)7-4-8-13(14)17/h2-8H,1H3. The van der Waals surface area contributed by atoms with Crippen LogP contribution in [0.15, 0.2) is 42.5 Å². The van der Waals surface area contributed by atoms with Crippen LogP contribution in [0.2, 0.25) is 0 Å². The molecule has 2 aromatic carbocycles. The maximum absolute atomic E-state index is 13.6. The van der Waals surface area contributed by atoms with Gasteiger partial charge in [-0.05, 0) is 19.1 Å². The predicted octanol–water partition coefficient (Wildman–Crippen LogP) is 3.40. The molecule has 0 heterocycles. The van der Waals surface area contributed by atoms with Gasteiger partial charge in [0.05, 0.1) is 5.56 Å². The van der Waals surface area contributed by atoms with Crippen LogP contribution >= 0.6 is 0 Å². The summed E-state index contributed by atoms with van der Waals surface area (Å²) >= 11 is 0. The highest BCUT2D eigenvalue weighted by Crippen LogP contribution is 2.20. The van der Waals surface area contributed by atoms with Crippen LogP contribution in [0.1, 0.15) is 33.2 Å². The van der Waals surface area contributed by atoms with Crippen molar-refractivity contribution in [2.75, 3.05) is 0 Å². The lowest BCUT2D eigenvalue weighted by atomic mass is 9.96. The molecule has 96 valence electrons. The molecule has 0 unspecified atom stereocenters. The average Bonchev–Trinajstić information content (AvgIpc) is 2.38. The fourth-order valence-electron chi connectivity index (χ4n) is 1.84. The summed E-state index contributed by atoms with van der Waals surface area (Å²) in [6, 6.07) is 9.15. The molecule has 0 saturated carbocycles. The number of hydrogen-bond donors (Lipinski definition) is 0. The lowest BCUT2D eigenvalue weighted by Gasteiger charge is -2.07. The Hall–Kier alpha value is -2.36. The summed E-state index contributed by atoms with van der Waals surface area (Å²) in [5, 5.41) is 0. The highest BCUT2D eigenvalue weighted by molar-refractivity contribution is 6.15. The quantitative estimate of drug-likeness (QED) is 0.792. The Morgan fingerprint density at radius 3 is 1.89 bits per heavy atom. The zero-order chi connectivity index (χ0) is 14.0. The molecule has 2 nitrogen and oxygen atoms in total. The zero-order valence-electron chi connectivity index (χ0n) is 10.1. The molecule has 0 radical (unpaired) electrons. The molecule has 0 bridgehead atoms. The Labute approximate surface area is 108 Å². The summed E-state index contributed by atoms with van der Waals surface area (Å²) in [5.74, 6) is -3.05. The molecular weight excluding hydrogens is 250 g/mol. The number of carbonyl (C=O) groups is 2. The summed E-state index contributed by atoms with van der Waals surface area (Å²) in [6.07, 6.45) is 0. The van der Waals surface area contributed by atoms with Crippen molar-refractivity contribution in [3.8, 4) is 0 Å². The van der Waals surface area contributed by atoms with Gasteiger partial charge in [0.1, 0.15) is 11.6 Å². The Kier molecular flexibility index (Phi) is 3.51. The second-order valence-electron chi connectivity index (χ2n) is 4.03. The van der Waals surface area contributed by atoms with Gasteiger partial charge in [0.15, 0.2) is 11.6 Å². The van der Waals surface area contributed by atoms with E-state index in [1.54, 1.807) is 12.1 Å². The van der Waals surface area contributed by atoms with Crippen LogP contribution < -0.4 is 0 Å². The van der Waals surface area contributed by atoms with E-state index in [9.17, 15) is 18.4 Å². The summed E-state index contributed by atoms with van der Waals surface area (Å²) < 4.78 is 27.1. The normalized spacial score (nSPS) is 10.3. The minimum Gasteiger partial charge on any atom is -0.294 e. The molecule has 4 heteroatoms. The van der Waals surface area contributed by atoms with Gasteiger partial charge in [-0.1, -0.05) is 30.3 Å². The first kappa shape index (κ1) is 13.1. The van der Waals surface area contributed by atoms with E-state index in [0.29, 0.717) is 0 Å². The van der Waals surface area contributed by atoms with Crippen LogP contribution in [0.3, 0.4) is 0 Å². The number of Topliss-reactive ketones (excluding diaryl/α,β-unsaturated/α-hetero) is 1. The topological polar surface area (TPSA) is 34.1 Å². The van der Waals surface area contributed by atoms with Crippen molar-refractivity contribution in [3.05, 3.63) is 70.8 Å². The van der Waals surface area contributed by atoms with E-state index in [1.165, 1.54) is 25.1 Å². The SMILES string of the molecule is CC(=O)c1ccccc1C(=O)c1c(F)cccc1F. The monoisotopic (exact) mass is 260 g/mol. The average molecular weight is 260 g/mol. The first-order valence-corrected chi connectivity index (χ1v) is 5.61. The molecule has 0 fully saturated rings. The molecule has 0 atom stereocenters. The highest BCUT2D eigenvalue weighted by atomic mass is 19.1. The van der Waals surface area contributed by atoms with Crippen molar-refractivity contribution < 1.29 is 18.4 Å². The van der Waals surface area contributed by atoms with E-state index in [1.807, 2.05) is 0 Å². The van der Waals surface area contributed by atoms with E-state index in [2.05, 4.69) is 0 Å². The number of ketones is 2. The molecular formula is C15H10F2O2. The number of benzene rings is 2. The van der Waals surface area contributed by atoms with E-state index < -0.39 is 23.0 Å². The van der Waals surface area contributed by atoms with Gasteiger partial charge < -0.3 is 0 Å². The third-order valence-electron chi connectivity index (χ3n) is 2.74. The lowest BCUT2D eigenvalue weighted by Crippen LogP contribution is -2.11. The molecule has 0 saturated heterocycles. The van der Waals surface area contributed by atoms with Gasteiger partial charge >= 0.3 is 0 Å². The Morgan fingerprint density at radius 2 is 1.37 bits per heavy atom. The molecule has 0 aliphatic rings. The van der Waals surface area contributed by atoms with Gasteiger partial charge in [-0.3, -0.25) is 9.59 Å². The molecule has 0 aliphatic heterocycles.